The zero-order valence-corrected chi connectivity index (χ0v) is 8.84. The van der Waals surface area contributed by atoms with Crippen LogP contribution in [0.3, 0.4) is 0 Å². The topological polar surface area (TPSA) is 18.5 Å². The smallest absolute Gasteiger partial charge is 0.0873 e. The van der Waals surface area contributed by atoms with Crippen molar-refractivity contribution in [2.75, 3.05) is 19.8 Å². The van der Waals surface area contributed by atoms with Gasteiger partial charge in [0, 0.05) is 5.92 Å². The first-order valence-corrected chi connectivity index (χ1v) is 5.82. The van der Waals surface area contributed by atoms with Crippen molar-refractivity contribution in [2.24, 2.45) is 5.92 Å². The van der Waals surface area contributed by atoms with Crippen LogP contribution in [0, 0.1) is 5.92 Å². The molecule has 0 unspecified atom stereocenters. The Balaban J connectivity index is 1.47. The van der Waals surface area contributed by atoms with Crippen LogP contribution in [0.25, 0.3) is 0 Å². The molecule has 0 N–H and O–H groups in total. The van der Waals surface area contributed by atoms with Crippen LogP contribution in [0.2, 0.25) is 0 Å². The molecule has 1 aliphatic carbocycles. The van der Waals surface area contributed by atoms with E-state index in [1.54, 1.807) is 0 Å². The molecule has 0 spiro atoms. The summed E-state index contributed by atoms with van der Waals surface area (Å²) in [4.78, 5) is 0. The van der Waals surface area contributed by atoms with Crippen molar-refractivity contribution in [1.29, 1.82) is 0 Å². The highest BCUT2D eigenvalue weighted by Crippen LogP contribution is 2.23. The van der Waals surface area contributed by atoms with Crippen LogP contribution in [0.4, 0.5) is 0 Å². The van der Waals surface area contributed by atoms with E-state index in [4.69, 9.17) is 9.47 Å². The maximum absolute atomic E-state index is 5.53. The first kappa shape index (κ1) is 10.0. The van der Waals surface area contributed by atoms with E-state index in [-0.39, 0.29) is 0 Å². The third-order valence-electron chi connectivity index (χ3n) is 3.08. The summed E-state index contributed by atoms with van der Waals surface area (Å²) in [5.74, 6) is 0.817. The van der Waals surface area contributed by atoms with Gasteiger partial charge in [-0.25, -0.2) is 0 Å². The lowest BCUT2D eigenvalue weighted by Gasteiger charge is -2.25. The first-order valence-electron chi connectivity index (χ1n) is 5.82. The second-order valence-electron chi connectivity index (χ2n) is 4.40. The Kier molecular flexibility index (Phi) is 3.87. The molecular weight excluding hydrogens is 176 g/mol. The number of hydrogen-bond donors (Lipinski definition) is 0. The van der Waals surface area contributed by atoms with E-state index in [2.05, 4.69) is 0 Å². The highest BCUT2D eigenvalue weighted by atomic mass is 16.5. The van der Waals surface area contributed by atoms with Crippen LogP contribution < -0.4 is 0 Å². The summed E-state index contributed by atoms with van der Waals surface area (Å²) >= 11 is 0. The van der Waals surface area contributed by atoms with Crippen molar-refractivity contribution in [3.05, 3.63) is 11.8 Å². The SMILES string of the molecule is C(OCCCC1COC1)=C1CCCC1. The van der Waals surface area contributed by atoms with Gasteiger partial charge in [0.15, 0.2) is 0 Å². The number of allylic oxidation sites excluding steroid dienone is 1. The predicted octanol–water partition coefficient (Wildman–Crippen LogP) is 2.89. The molecule has 2 fully saturated rings. The van der Waals surface area contributed by atoms with Gasteiger partial charge in [-0.15, -0.1) is 0 Å². The fraction of sp³-hybridized carbons (Fsp3) is 0.833. The molecule has 0 radical (unpaired) electrons. The van der Waals surface area contributed by atoms with Crippen LogP contribution in [0.5, 0.6) is 0 Å². The molecule has 2 aliphatic rings. The van der Waals surface area contributed by atoms with Crippen molar-refractivity contribution in [1.82, 2.24) is 0 Å². The third-order valence-corrected chi connectivity index (χ3v) is 3.08. The fourth-order valence-corrected chi connectivity index (χ4v) is 2.03. The Morgan fingerprint density at radius 3 is 2.71 bits per heavy atom. The highest BCUT2D eigenvalue weighted by molar-refractivity contribution is 5.02. The van der Waals surface area contributed by atoms with Crippen LogP contribution in [-0.4, -0.2) is 19.8 Å². The minimum atomic E-state index is 0.817. The normalized spacial score (nSPS) is 22.1. The molecule has 2 nitrogen and oxygen atoms in total. The van der Waals surface area contributed by atoms with Gasteiger partial charge in [-0.05, 0) is 44.1 Å². The average Bonchev–Trinajstić information content (AvgIpc) is 2.60. The van der Waals surface area contributed by atoms with E-state index in [9.17, 15) is 0 Å². The van der Waals surface area contributed by atoms with Gasteiger partial charge in [0.05, 0.1) is 26.1 Å². The summed E-state index contributed by atoms with van der Waals surface area (Å²) in [6, 6.07) is 0. The van der Waals surface area contributed by atoms with Crippen LogP contribution in [-0.2, 0) is 9.47 Å². The highest BCUT2D eigenvalue weighted by Gasteiger charge is 2.17. The van der Waals surface area contributed by atoms with Gasteiger partial charge in [-0.1, -0.05) is 0 Å². The van der Waals surface area contributed by atoms with E-state index in [0.29, 0.717) is 0 Å². The van der Waals surface area contributed by atoms with Crippen molar-refractivity contribution >= 4 is 0 Å². The van der Waals surface area contributed by atoms with Gasteiger partial charge in [0.2, 0.25) is 0 Å². The maximum Gasteiger partial charge on any atom is 0.0873 e. The summed E-state index contributed by atoms with van der Waals surface area (Å²) in [6.45, 7) is 2.84. The van der Waals surface area contributed by atoms with E-state index in [1.165, 1.54) is 44.1 Å². The van der Waals surface area contributed by atoms with Gasteiger partial charge in [-0.2, -0.15) is 0 Å². The second-order valence-corrected chi connectivity index (χ2v) is 4.40. The van der Waals surface area contributed by atoms with E-state index in [0.717, 1.165) is 25.7 Å². The summed E-state index contributed by atoms with van der Waals surface area (Å²) < 4.78 is 10.7. The lowest BCUT2D eigenvalue weighted by molar-refractivity contribution is -0.0378. The van der Waals surface area contributed by atoms with Crippen LogP contribution in [0.1, 0.15) is 38.5 Å². The molecular formula is C12H20O2. The minimum Gasteiger partial charge on any atom is -0.501 e. The quantitative estimate of drug-likeness (QED) is 0.497. The first-order chi connectivity index (χ1) is 6.95. The van der Waals surface area contributed by atoms with Crippen molar-refractivity contribution in [3.8, 4) is 0 Å². The zero-order chi connectivity index (χ0) is 9.64. The number of ether oxygens (including phenoxy) is 2. The molecule has 0 aromatic rings. The fourth-order valence-electron chi connectivity index (χ4n) is 2.03. The summed E-state index contributed by atoms with van der Waals surface area (Å²) in [5, 5.41) is 0. The van der Waals surface area contributed by atoms with Crippen LogP contribution in [0.15, 0.2) is 11.8 Å². The summed E-state index contributed by atoms with van der Waals surface area (Å²) in [5.41, 5.74) is 1.51. The van der Waals surface area contributed by atoms with Crippen molar-refractivity contribution < 1.29 is 9.47 Å². The molecule has 0 aromatic carbocycles. The molecule has 1 saturated carbocycles. The van der Waals surface area contributed by atoms with Crippen LogP contribution >= 0.6 is 0 Å². The average molecular weight is 196 g/mol. The molecule has 0 aromatic heterocycles. The van der Waals surface area contributed by atoms with E-state index >= 15 is 0 Å². The molecule has 0 amide bonds. The zero-order valence-electron chi connectivity index (χ0n) is 8.84. The summed E-state index contributed by atoms with van der Waals surface area (Å²) in [7, 11) is 0. The number of rotatable bonds is 5. The standard InChI is InChI=1S/C12H20O2/c1-2-5-11(4-1)8-13-7-3-6-12-9-14-10-12/h8,12H,1-7,9-10H2. The second kappa shape index (κ2) is 5.40. The Morgan fingerprint density at radius 1 is 1.29 bits per heavy atom. The molecule has 0 atom stereocenters. The Morgan fingerprint density at radius 2 is 2.07 bits per heavy atom. The van der Waals surface area contributed by atoms with Gasteiger partial charge >= 0.3 is 0 Å². The van der Waals surface area contributed by atoms with Gasteiger partial charge in [0.1, 0.15) is 0 Å². The molecule has 14 heavy (non-hydrogen) atoms. The van der Waals surface area contributed by atoms with Gasteiger partial charge in [0.25, 0.3) is 0 Å². The largest absolute Gasteiger partial charge is 0.501 e. The Hall–Kier alpha value is -0.500. The predicted molar refractivity (Wildman–Crippen MR) is 56.0 cm³/mol. The van der Waals surface area contributed by atoms with Gasteiger partial charge in [-0.3, -0.25) is 0 Å². The molecule has 1 heterocycles. The van der Waals surface area contributed by atoms with Gasteiger partial charge < -0.3 is 9.47 Å². The summed E-state index contributed by atoms with van der Waals surface area (Å²) in [6.07, 6.45) is 9.68. The molecule has 1 aliphatic heterocycles. The lowest BCUT2D eigenvalue weighted by atomic mass is 10.0. The molecule has 2 heteroatoms. The molecule has 2 rings (SSSR count). The molecule has 0 bridgehead atoms. The maximum atomic E-state index is 5.53. The number of hydrogen-bond acceptors (Lipinski definition) is 2. The Labute approximate surface area is 86.3 Å². The Bertz CT molecular complexity index is 186. The molecule has 1 saturated heterocycles. The molecule has 80 valence electrons. The van der Waals surface area contributed by atoms with E-state index < -0.39 is 0 Å². The van der Waals surface area contributed by atoms with E-state index in [1.807, 2.05) is 6.26 Å². The van der Waals surface area contributed by atoms with Crippen molar-refractivity contribution in [3.63, 3.8) is 0 Å². The monoisotopic (exact) mass is 196 g/mol. The third kappa shape index (κ3) is 3.02. The minimum absolute atomic E-state index is 0.817. The lowest BCUT2D eigenvalue weighted by Crippen LogP contribution is -2.27. The van der Waals surface area contributed by atoms with Crippen molar-refractivity contribution in [2.45, 2.75) is 38.5 Å².